The maximum absolute atomic E-state index is 10.8. The summed E-state index contributed by atoms with van der Waals surface area (Å²) in [6.45, 7) is -8.71. The molecule has 0 aliphatic heterocycles. The summed E-state index contributed by atoms with van der Waals surface area (Å²) in [6, 6.07) is 0. The zero-order valence-electron chi connectivity index (χ0n) is 34.0. The summed E-state index contributed by atoms with van der Waals surface area (Å²) in [6.07, 6.45) is -48.1. The quantitative estimate of drug-likeness (QED) is 0.297. The van der Waals surface area contributed by atoms with E-state index in [0.29, 0.717) is 0 Å². The molecule has 0 saturated heterocycles. The second-order valence-electron chi connectivity index (χ2n) is 1.84. The van der Waals surface area contributed by atoms with Crippen LogP contribution in [0, 0.1) is 0 Å². The van der Waals surface area contributed by atoms with Crippen LogP contribution in [0.2, 0.25) is 0 Å². The van der Waals surface area contributed by atoms with Gasteiger partial charge in [-0.1, -0.05) is 64.2 Å². The Hall–Kier alpha value is 0.870. The van der Waals surface area contributed by atoms with Crippen molar-refractivity contribution in [3.8, 4) is 0 Å². The summed E-state index contributed by atoms with van der Waals surface area (Å²) in [7, 11) is -6.21. The Bertz CT molecular complexity index is 1120. The molecule has 0 atom stereocenters. The average molecular weight is 314 g/mol. The van der Waals surface area contributed by atoms with E-state index in [-0.39, 0.29) is 29.6 Å². The van der Waals surface area contributed by atoms with Gasteiger partial charge >= 0.3 is 29.6 Å². The van der Waals surface area contributed by atoms with Crippen molar-refractivity contribution in [2.75, 3.05) is 6.56 Å². The van der Waals surface area contributed by atoms with E-state index in [9.17, 15) is 13.0 Å². The molecule has 104 valence electrons. The van der Waals surface area contributed by atoms with Gasteiger partial charge in [0.15, 0.2) is 0 Å². The number of rotatable bonds is 12. The van der Waals surface area contributed by atoms with E-state index in [4.69, 9.17) is 34.3 Å². The van der Waals surface area contributed by atoms with E-state index < -0.39 is 87.5 Å². The van der Waals surface area contributed by atoms with Gasteiger partial charge in [0.2, 0.25) is 10.4 Å². The van der Waals surface area contributed by atoms with Gasteiger partial charge in [0.05, 0.1) is 9.30 Å². The molecule has 4 nitrogen and oxygen atoms in total. The predicted molar refractivity (Wildman–Crippen MR) is 67.5 cm³/mol. The third-order valence-corrected chi connectivity index (χ3v) is 1.04. The Morgan fingerprint density at radius 3 is 1.89 bits per heavy atom. The Morgan fingerprint density at radius 2 is 1.44 bits per heavy atom. The fourth-order valence-corrected chi connectivity index (χ4v) is 0.491. The van der Waals surface area contributed by atoms with E-state index in [1.165, 1.54) is 0 Å². The van der Waals surface area contributed by atoms with Gasteiger partial charge in [-0.2, -0.15) is 0 Å². The van der Waals surface area contributed by atoms with Gasteiger partial charge in [-0.25, -0.2) is 8.42 Å². The van der Waals surface area contributed by atoms with Crippen LogP contribution in [0.4, 0.5) is 0 Å². The molecule has 0 aliphatic rings. The van der Waals surface area contributed by atoms with Gasteiger partial charge < -0.3 is 4.55 Å². The molecule has 6 heteroatoms. The first-order chi connectivity index (χ1) is 17.5. The Morgan fingerprint density at radius 1 is 1.00 bits per heavy atom. The van der Waals surface area contributed by atoms with Crippen molar-refractivity contribution in [1.29, 1.82) is 0 Å². The molecule has 0 aromatic rings. The zero-order valence-corrected chi connectivity index (χ0v) is 11.9. The smallest absolute Gasteiger partial charge is 0.726 e. The van der Waals surface area contributed by atoms with Crippen LogP contribution in [0.3, 0.4) is 0 Å². The van der Waals surface area contributed by atoms with Crippen LogP contribution in [0.5, 0.6) is 0 Å². The summed E-state index contributed by atoms with van der Waals surface area (Å²) in [4.78, 5) is 0. The summed E-state index contributed by atoms with van der Waals surface area (Å²) < 4.78 is 228. The molecule has 0 rings (SSSR count). The second kappa shape index (κ2) is 14.3. The summed E-state index contributed by atoms with van der Waals surface area (Å²) in [5.41, 5.74) is 0. The third-order valence-electron chi connectivity index (χ3n) is 0.757. The molecule has 0 heterocycles. The van der Waals surface area contributed by atoms with E-state index in [2.05, 4.69) is 4.18 Å². The SMILES string of the molecule is [2H]C([2H])([2H])C([2H])([2H])C([2H])([2H])C([2H])([2H])C([2H])([2H])C([2H])([2H])C([2H])([2H])C([2H])([2H])C([2H])([2H])C([2H])([2H])C([2H])([2H])C([2H])([2H])OS(=O)(=O)[O-].[Na+]. The standard InChI is InChI=1S/C12H26O4S.Na/c1-2-3-4-5-6-7-8-9-10-11-12-16-17(13,14)15;/h2-12H2,1H3,(H,13,14,15);/q;+1/p-1/i1D3,2D2,3D2,4D2,5D2,6D2,7D2,8D2,9D2,10D2,11D2,12D2;. The van der Waals surface area contributed by atoms with Gasteiger partial charge in [0.25, 0.3) is 0 Å². The summed E-state index contributed by atoms with van der Waals surface area (Å²) in [5.74, 6) is 0. The molecule has 0 spiro atoms. The Kier molecular flexibility index (Phi) is 2.73. The molecule has 0 aliphatic carbocycles. The maximum atomic E-state index is 10.8. The van der Waals surface area contributed by atoms with Gasteiger partial charge in [-0.15, -0.1) is 0 Å². The zero-order chi connectivity index (χ0) is 35.2. The Balaban J connectivity index is 0. The van der Waals surface area contributed by atoms with Crippen LogP contribution in [0.15, 0.2) is 0 Å². The second-order valence-corrected chi connectivity index (χ2v) is 2.83. The molecule has 18 heavy (non-hydrogen) atoms. The molecular weight excluding hydrogens is 263 g/mol. The fourth-order valence-electron chi connectivity index (χ4n) is 0.347. The summed E-state index contributed by atoms with van der Waals surface area (Å²) in [5, 5.41) is 0. The van der Waals surface area contributed by atoms with Crippen molar-refractivity contribution in [2.24, 2.45) is 0 Å². The molecule has 0 fully saturated rings. The van der Waals surface area contributed by atoms with Crippen molar-refractivity contribution in [1.82, 2.24) is 0 Å². The van der Waals surface area contributed by atoms with Crippen LogP contribution >= 0.6 is 0 Å². The number of hydrogen-bond acceptors (Lipinski definition) is 4. The molecule has 0 N–H and O–H groups in total. The van der Waals surface area contributed by atoms with Crippen molar-refractivity contribution < 1.29 is 81.0 Å². The van der Waals surface area contributed by atoms with Gasteiger partial charge in [-0.3, -0.25) is 4.18 Å². The first-order valence-electron chi connectivity index (χ1n) is 16.1. The molecule has 0 radical (unpaired) electrons. The van der Waals surface area contributed by atoms with Crippen LogP contribution < -0.4 is 29.6 Å². The minimum absolute atomic E-state index is 0. The monoisotopic (exact) mass is 313 g/mol. The first kappa shape index (κ1) is 3.44. The molecule has 0 bridgehead atoms. The fraction of sp³-hybridized carbons (Fsp3) is 1.00. The first-order valence-corrected chi connectivity index (χ1v) is 4.95. The van der Waals surface area contributed by atoms with Crippen LogP contribution in [-0.4, -0.2) is 19.5 Å². The van der Waals surface area contributed by atoms with E-state index >= 15 is 0 Å². The van der Waals surface area contributed by atoms with E-state index in [1.807, 2.05) is 0 Å². The molecule has 0 amide bonds. The normalized spacial score (nSPS) is 41.3. The van der Waals surface area contributed by atoms with Gasteiger partial charge in [0, 0.05) is 31.5 Å². The molecule has 0 aromatic heterocycles. The molecular formula is C12H25NaO4S. The molecule has 0 aromatic carbocycles. The van der Waals surface area contributed by atoms with Crippen molar-refractivity contribution in [3.05, 3.63) is 0 Å². The van der Waals surface area contributed by atoms with E-state index in [1.54, 1.807) is 0 Å². The topological polar surface area (TPSA) is 66.4 Å². The van der Waals surface area contributed by atoms with Crippen molar-refractivity contribution in [3.63, 3.8) is 0 Å². The largest absolute Gasteiger partial charge is 1.00 e. The van der Waals surface area contributed by atoms with Gasteiger partial charge in [-0.05, 0) is 6.37 Å². The maximum Gasteiger partial charge on any atom is 1.00 e. The van der Waals surface area contributed by atoms with Crippen molar-refractivity contribution >= 4 is 10.4 Å². The molecule has 0 saturated carbocycles. The third kappa shape index (κ3) is 19.2. The van der Waals surface area contributed by atoms with E-state index in [0.717, 1.165) is 0 Å². The van der Waals surface area contributed by atoms with Crippen molar-refractivity contribution in [2.45, 2.75) is 70.6 Å². The predicted octanol–water partition coefficient (Wildman–Crippen LogP) is 0.388. The average Bonchev–Trinajstić information content (AvgIpc) is 2.69. The van der Waals surface area contributed by atoms with Crippen LogP contribution in [0.25, 0.3) is 0 Å². The minimum atomic E-state index is -6.21. The van der Waals surface area contributed by atoms with Crippen LogP contribution in [0.1, 0.15) is 105 Å². The summed E-state index contributed by atoms with van der Waals surface area (Å²) >= 11 is 0. The minimum Gasteiger partial charge on any atom is -0.726 e. The Labute approximate surface area is 169 Å². The molecule has 0 unspecified atom stereocenters. The van der Waals surface area contributed by atoms with Crippen LogP contribution in [-0.2, 0) is 14.6 Å². The van der Waals surface area contributed by atoms with Gasteiger partial charge in [0.1, 0.15) is 0 Å². The number of hydrogen-bond donors (Lipinski definition) is 0.